The van der Waals surface area contributed by atoms with Crippen molar-refractivity contribution in [2.24, 2.45) is 5.73 Å². The van der Waals surface area contributed by atoms with Crippen LogP contribution >= 0.6 is 27.5 Å². The van der Waals surface area contributed by atoms with Gasteiger partial charge in [-0.05, 0) is 34.1 Å². The Bertz CT molecular complexity index is 601. The highest BCUT2D eigenvalue weighted by molar-refractivity contribution is 9.10. The monoisotopic (exact) mass is 343 g/mol. The average Bonchev–Trinajstić information content (AvgIpc) is 2.83. The van der Waals surface area contributed by atoms with E-state index in [1.54, 1.807) is 24.4 Å². The topological polar surface area (TPSA) is 85.8 Å². The molecule has 0 saturated carbocycles. The van der Waals surface area contributed by atoms with Crippen molar-refractivity contribution >= 4 is 39.1 Å². The van der Waals surface area contributed by atoms with E-state index in [1.165, 1.54) is 4.68 Å². The van der Waals surface area contributed by atoms with E-state index in [9.17, 15) is 4.79 Å². The van der Waals surface area contributed by atoms with E-state index < -0.39 is 0 Å². The van der Waals surface area contributed by atoms with Crippen molar-refractivity contribution in [3.8, 4) is 0 Å². The number of rotatable bonds is 4. The van der Waals surface area contributed by atoms with Gasteiger partial charge in [-0.15, -0.1) is 5.10 Å². The number of nitrogens with zero attached hydrogens (tertiary/aromatic N) is 3. The largest absolute Gasteiger partial charge is 0.329 e. The molecule has 0 aliphatic heterocycles. The van der Waals surface area contributed by atoms with Crippen molar-refractivity contribution in [1.29, 1.82) is 0 Å². The second-order valence-electron chi connectivity index (χ2n) is 3.74. The molecule has 0 aliphatic carbocycles. The van der Waals surface area contributed by atoms with E-state index >= 15 is 0 Å². The lowest BCUT2D eigenvalue weighted by molar-refractivity contribution is 0.102. The molecular weight excluding hydrogens is 334 g/mol. The first-order chi connectivity index (χ1) is 9.10. The van der Waals surface area contributed by atoms with Crippen LogP contribution in [0.5, 0.6) is 0 Å². The number of carbonyl (C=O) groups excluding carboxylic acids is 1. The molecule has 0 bridgehead atoms. The average molecular weight is 345 g/mol. The highest BCUT2D eigenvalue weighted by Crippen LogP contribution is 2.25. The normalized spacial score (nSPS) is 10.5. The van der Waals surface area contributed by atoms with E-state index in [2.05, 4.69) is 31.6 Å². The Balaban J connectivity index is 2.09. The summed E-state index contributed by atoms with van der Waals surface area (Å²) < 4.78 is 2.23. The molecule has 6 nitrogen and oxygen atoms in total. The van der Waals surface area contributed by atoms with Crippen LogP contribution in [0.25, 0.3) is 0 Å². The van der Waals surface area contributed by atoms with Crippen molar-refractivity contribution in [1.82, 2.24) is 15.0 Å². The van der Waals surface area contributed by atoms with Gasteiger partial charge in [-0.1, -0.05) is 16.8 Å². The lowest BCUT2D eigenvalue weighted by Crippen LogP contribution is -2.12. The second kappa shape index (κ2) is 6.14. The van der Waals surface area contributed by atoms with Crippen LogP contribution in [0.3, 0.4) is 0 Å². The third kappa shape index (κ3) is 3.52. The molecule has 1 aromatic carbocycles. The van der Waals surface area contributed by atoms with Crippen LogP contribution in [0.2, 0.25) is 5.02 Å². The fourth-order valence-corrected chi connectivity index (χ4v) is 1.91. The number of benzene rings is 1. The zero-order chi connectivity index (χ0) is 13.8. The molecule has 0 aliphatic rings. The maximum atomic E-state index is 11.9. The molecule has 2 aromatic rings. The minimum Gasteiger partial charge on any atom is -0.329 e. The van der Waals surface area contributed by atoms with Crippen LogP contribution in [-0.4, -0.2) is 27.4 Å². The molecule has 8 heteroatoms. The highest BCUT2D eigenvalue weighted by atomic mass is 79.9. The molecule has 0 spiro atoms. The molecule has 1 aromatic heterocycles. The Labute approximate surface area is 123 Å². The third-order valence-electron chi connectivity index (χ3n) is 2.31. The smallest absolute Gasteiger partial charge is 0.277 e. The molecule has 3 N–H and O–H groups in total. The van der Waals surface area contributed by atoms with Crippen LogP contribution < -0.4 is 11.1 Å². The van der Waals surface area contributed by atoms with Crippen LogP contribution in [0, 0.1) is 0 Å². The minimum absolute atomic E-state index is 0.236. The summed E-state index contributed by atoms with van der Waals surface area (Å²) >= 11 is 9.16. The summed E-state index contributed by atoms with van der Waals surface area (Å²) in [5.74, 6) is -0.336. The summed E-state index contributed by atoms with van der Waals surface area (Å²) in [5.41, 5.74) is 6.25. The lowest BCUT2D eigenvalue weighted by atomic mass is 10.3. The van der Waals surface area contributed by atoms with Gasteiger partial charge in [-0.25, -0.2) is 0 Å². The summed E-state index contributed by atoms with van der Waals surface area (Å²) in [7, 11) is 0. The molecule has 1 heterocycles. The summed E-state index contributed by atoms with van der Waals surface area (Å²) in [5, 5.41) is 10.9. The number of amides is 1. The van der Waals surface area contributed by atoms with Gasteiger partial charge < -0.3 is 11.1 Å². The SMILES string of the molecule is NCCn1cc(C(=O)Nc2ccc(Cl)c(Br)c2)nn1. The van der Waals surface area contributed by atoms with E-state index in [4.69, 9.17) is 17.3 Å². The van der Waals surface area contributed by atoms with Gasteiger partial charge in [0.15, 0.2) is 5.69 Å². The third-order valence-corrected chi connectivity index (χ3v) is 3.52. The van der Waals surface area contributed by atoms with Gasteiger partial charge in [-0.3, -0.25) is 9.48 Å². The fourth-order valence-electron chi connectivity index (χ4n) is 1.41. The first-order valence-corrected chi connectivity index (χ1v) is 6.64. The zero-order valence-corrected chi connectivity index (χ0v) is 12.1. The molecule has 1 amide bonds. The number of halogens is 2. The minimum atomic E-state index is -0.336. The maximum Gasteiger partial charge on any atom is 0.277 e. The van der Waals surface area contributed by atoms with Crippen molar-refractivity contribution in [3.05, 3.63) is 39.6 Å². The van der Waals surface area contributed by atoms with Crippen LogP contribution in [0.1, 0.15) is 10.5 Å². The number of hydrogen-bond acceptors (Lipinski definition) is 4. The van der Waals surface area contributed by atoms with Crippen molar-refractivity contribution < 1.29 is 4.79 Å². The summed E-state index contributed by atoms with van der Waals surface area (Å²) in [4.78, 5) is 11.9. The van der Waals surface area contributed by atoms with Crippen LogP contribution in [0.15, 0.2) is 28.9 Å². The molecule has 0 atom stereocenters. The van der Waals surface area contributed by atoms with Gasteiger partial charge in [0.2, 0.25) is 0 Å². The number of carbonyl (C=O) groups is 1. The van der Waals surface area contributed by atoms with Gasteiger partial charge in [0, 0.05) is 16.7 Å². The molecule has 0 fully saturated rings. The lowest BCUT2D eigenvalue weighted by Gasteiger charge is -2.04. The van der Waals surface area contributed by atoms with E-state index in [-0.39, 0.29) is 11.6 Å². The van der Waals surface area contributed by atoms with E-state index in [0.717, 1.165) is 0 Å². The Kier molecular flexibility index (Phi) is 4.52. The predicted octanol–water partition coefficient (Wildman–Crippen LogP) is 1.90. The molecule has 0 saturated heterocycles. The van der Waals surface area contributed by atoms with Crippen LogP contribution in [-0.2, 0) is 6.54 Å². The maximum absolute atomic E-state index is 11.9. The van der Waals surface area contributed by atoms with Crippen molar-refractivity contribution in [2.75, 3.05) is 11.9 Å². The van der Waals surface area contributed by atoms with Gasteiger partial charge >= 0.3 is 0 Å². The number of nitrogens with two attached hydrogens (primary N) is 1. The van der Waals surface area contributed by atoms with E-state index in [1.807, 2.05) is 0 Å². The zero-order valence-electron chi connectivity index (χ0n) is 9.81. The molecule has 0 unspecified atom stereocenters. The standard InChI is InChI=1S/C11H11BrClN5O/c12-8-5-7(1-2-9(8)13)15-11(19)10-6-18(4-3-14)17-16-10/h1-2,5-6H,3-4,14H2,(H,15,19). The molecule has 100 valence electrons. The fraction of sp³-hybridized carbons (Fsp3) is 0.182. The first kappa shape index (κ1) is 14.0. The number of anilines is 1. The van der Waals surface area contributed by atoms with Crippen molar-refractivity contribution in [3.63, 3.8) is 0 Å². The molecular formula is C11H11BrClN5O. The van der Waals surface area contributed by atoms with E-state index in [0.29, 0.717) is 28.3 Å². The molecule has 19 heavy (non-hydrogen) atoms. The number of hydrogen-bond donors (Lipinski definition) is 2. The van der Waals surface area contributed by atoms with Crippen molar-refractivity contribution in [2.45, 2.75) is 6.54 Å². The number of nitrogens with one attached hydrogen (secondary N) is 1. The molecule has 2 rings (SSSR count). The highest BCUT2D eigenvalue weighted by Gasteiger charge is 2.11. The Morgan fingerprint density at radius 2 is 2.32 bits per heavy atom. The van der Waals surface area contributed by atoms with Gasteiger partial charge in [-0.2, -0.15) is 0 Å². The Morgan fingerprint density at radius 1 is 1.53 bits per heavy atom. The molecule has 0 radical (unpaired) electrons. The summed E-state index contributed by atoms with van der Waals surface area (Å²) in [6.07, 6.45) is 1.55. The van der Waals surface area contributed by atoms with Crippen LogP contribution in [0.4, 0.5) is 5.69 Å². The Hall–Kier alpha value is -1.44. The number of aromatic nitrogens is 3. The summed E-state index contributed by atoms with van der Waals surface area (Å²) in [6.45, 7) is 0.960. The summed E-state index contributed by atoms with van der Waals surface area (Å²) in [6, 6.07) is 5.10. The predicted molar refractivity (Wildman–Crippen MR) is 76.2 cm³/mol. The van der Waals surface area contributed by atoms with Gasteiger partial charge in [0.05, 0.1) is 17.8 Å². The first-order valence-electron chi connectivity index (χ1n) is 5.47. The van der Waals surface area contributed by atoms with Gasteiger partial charge in [0.1, 0.15) is 0 Å². The van der Waals surface area contributed by atoms with Gasteiger partial charge in [0.25, 0.3) is 5.91 Å². The Morgan fingerprint density at radius 3 is 3.00 bits per heavy atom. The quantitative estimate of drug-likeness (QED) is 0.887. The second-order valence-corrected chi connectivity index (χ2v) is 5.00.